The number of carbonyl (C=O) groups excluding carboxylic acids is 3. The van der Waals surface area contributed by atoms with Crippen LogP contribution < -0.4 is 9.64 Å². The van der Waals surface area contributed by atoms with Crippen molar-refractivity contribution < 1.29 is 19.1 Å². The SMILES string of the molecule is COc1ccc(Cl)cc1N1C(=O)[C@@H]2C3c4ccccc4C(C(C)=O)(c4ccccc43)[C@@H]2C1=O. The predicted octanol–water partition coefficient (Wildman–Crippen LogP) is 4.49. The summed E-state index contributed by atoms with van der Waals surface area (Å²) in [5, 5.41) is 0.386. The molecule has 0 unspecified atom stereocenters. The van der Waals surface area contributed by atoms with E-state index in [2.05, 4.69) is 0 Å². The number of rotatable bonds is 3. The van der Waals surface area contributed by atoms with Crippen LogP contribution in [0.4, 0.5) is 5.69 Å². The highest BCUT2D eigenvalue weighted by Crippen LogP contribution is 2.64. The minimum absolute atomic E-state index is 0.142. The van der Waals surface area contributed by atoms with Crippen LogP contribution in [0.5, 0.6) is 5.75 Å². The van der Waals surface area contributed by atoms with E-state index in [9.17, 15) is 14.4 Å². The van der Waals surface area contributed by atoms with Crippen LogP contribution in [0.2, 0.25) is 5.02 Å². The summed E-state index contributed by atoms with van der Waals surface area (Å²) >= 11 is 6.24. The normalized spacial score (nSPS) is 26.6. The van der Waals surface area contributed by atoms with Gasteiger partial charge in [0.2, 0.25) is 11.8 Å². The van der Waals surface area contributed by atoms with Gasteiger partial charge in [0.25, 0.3) is 0 Å². The van der Waals surface area contributed by atoms with Crippen molar-refractivity contribution in [2.45, 2.75) is 18.3 Å². The largest absolute Gasteiger partial charge is 0.495 e. The summed E-state index contributed by atoms with van der Waals surface area (Å²) in [6.45, 7) is 1.52. The van der Waals surface area contributed by atoms with Gasteiger partial charge in [-0.1, -0.05) is 60.1 Å². The van der Waals surface area contributed by atoms with Crippen LogP contribution in [0.1, 0.15) is 35.1 Å². The van der Waals surface area contributed by atoms with Gasteiger partial charge >= 0.3 is 0 Å². The van der Waals surface area contributed by atoms with E-state index in [-0.39, 0.29) is 17.6 Å². The van der Waals surface area contributed by atoms with Crippen molar-refractivity contribution in [3.8, 4) is 5.75 Å². The van der Waals surface area contributed by atoms with E-state index < -0.39 is 23.2 Å². The van der Waals surface area contributed by atoms with Gasteiger partial charge < -0.3 is 4.74 Å². The summed E-state index contributed by atoms with van der Waals surface area (Å²) in [6, 6.07) is 20.3. The molecule has 4 aliphatic rings. The molecule has 2 bridgehead atoms. The lowest BCUT2D eigenvalue weighted by molar-refractivity contribution is -0.132. The molecule has 164 valence electrons. The maximum Gasteiger partial charge on any atom is 0.239 e. The quantitative estimate of drug-likeness (QED) is 0.544. The van der Waals surface area contributed by atoms with Crippen molar-refractivity contribution in [3.05, 3.63) is 94.0 Å². The van der Waals surface area contributed by atoms with Crippen LogP contribution in [-0.2, 0) is 19.8 Å². The Balaban J connectivity index is 1.67. The average molecular weight is 458 g/mol. The minimum atomic E-state index is -1.22. The molecule has 3 aliphatic carbocycles. The molecule has 3 aromatic rings. The Labute approximate surface area is 195 Å². The molecule has 1 saturated heterocycles. The molecule has 1 fully saturated rings. The summed E-state index contributed by atoms with van der Waals surface area (Å²) < 4.78 is 5.46. The number of benzene rings is 3. The molecule has 7 rings (SSSR count). The van der Waals surface area contributed by atoms with Crippen LogP contribution in [0, 0.1) is 11.8 Å². The van der Waals surface area contributed by atoms with E-state index >= 15 is 0 Å². The first-order valence-corrected chi connectivity index (χ1v) is 11.2. The molecule has 5 nitrogen and oxygen atoms in total. The van der Waals surface area contributed by atoms with Crippen molar-refractivity contribution in [1.82, 2.24) is 0 Å². The number of anilines is 1. The summed E-state index contributed by atoms with van der Waals surface area (Å²) in [7, 11) is 1.48. The number of halogens is 1. The molecule has 1 heterocycles. The maximum absolute atomic E-state index is 14.1. The second kappa shape index (κ2) is 6.78. The van der Waals surface area contributed by atoms with Crippen molar-refractivity contribution in [2.75, 3.05) is 12.0 Å². The van der Waals surface area contributed by atoms with E-state index in [1.165, 1.54) is 18.9 Å². The highest BCUT2D eigenvalue weighted by molar-refractivity contribution is 6.32. The van der Waals surface area contributed by atoms with Gasteiger partial charge in [-0.25, -0.2) is 4.90 Å². The molecule has 6 heteroatoms. The topological polar surface area (TPSA) is 63.7 Å². The van der Waals surface area contributed by atoms with Crippen LogP contribution in [0.3, 0.4) is 0 Å². The number of amides is 2. The van der Waals surface area contributed by atoms with Crippen LogP contribution in [0.25, 0.3) is 0 Å². The Bertz CT molecular complexity index is 1330. The van der Waals surface area contributed by atoms with Crippen LogP contribution in [0.15, 0.2) is 66.7 Å². The van der Waals surface area contributed by atoms with Gasteiger partial charge in [0.15, 0.2) is 0 Å². The number of hydrogen-bond acceptors (Lipinski definition) is 4. The summed E-state index contributed by atoms with van der Waals surface area (Å²) in [4.78, 5) is 42.9. The van der Waals surface area contributed by atoms with Crippen LogP contribution in [-0.4, -0.2) is 24.7 Å². The standard InChI is InChI=1S/C27H20ClNO4/c1-14(30)27-18-9-5-3-7-16(18)22(17-8-4-6-10-19(17)27)23-24(27)26(32)29(25(23)31)20-13-15(28)11-12-21(20)33-2/h3-13,22-24H,1-2H3/t22?,23-,24+,27?/m1/s1. The smallest absolute Gasteiger partial charge is 0.239 e. The number of hydrogen-bond donors (Lipinski definition) is 0. The van der Waals surface area contributed by atoms with Crippen molar-refractivity contribution in [2.24, 2.45) is 11.8 Å². The Morgan fingerprint density at radius 3 is 2.12 bits per heavy atom. The molecule has 0 N–H and O–H groups in total. The van der Waals surface area contributed by atoms with Gasteiger partial charge in [0, 0.05) is 10.9 Å². The summed E-state index contributed by atoms with van der Waals surface area (Å²) in [6.07, 6.45) is 0. The van der Waals surface area contributed by atoms with E-state index in [4.69, 9.17) is 16.3 Å². The van der Waals surface area contributed by atoms with E-state index in [0.29, 0.717) is 16.5 Å². The molecule has 33 heavy (non-hydrogen) atoms. The zero-order chi connectivity index (χ0) is 23.1. The Morgan fingerprint density at radius 1 is 0.939 bits per heavy atom. The maximum atomic E-state index is 14.1. The van der Waals surface area contributed by atoms with Gasteiger partial charge in [-0.2, -0.15) is 0 Å². The van der Waals surface area contributed by atoms with Gasteiger partial charge in [-0.3, -0.25) is 14.4 Å². The highest BCUT2D eigenvalue weighted by Gasteiger charge is 2.70. The average Bonchev–Trinajstić information content (AvgIpc) is 3.09. The number of ketones is 1. The summed E-state index contributed by atoms with van der Waals surface area (Å²) in [5.74, 6) is -2.32. The van der Waals surface area contributed by atoms with E-state index in [1.54, 1.807) is 18.2 Å². The Kier molecular flexibility index (Phi) is 4.15. The second-order valence-corrected chi connectivity index (χ2v) is 9.28. The number of nitrogens with zero attached hydrogens (tertiary/aromatic N) is 1. The second-order valence-electron chi connectivity index (χ2n) is 8.85. The molecule has 2 amide bonds. The number of ether oxygens (including phenoxy) is 1. The van der Waals surface area contributed by atoms with Gasteiger partial charge in [0.1, 0.15) is 11.5 Å². The zero-order valence-electron chi connectivity index (χ0n) is 18.0. The highest BCUT2D eigenvalue weighted by atomic mass is 35.5. The van der Waals surface area contributed by atoms with E-state index in [1.807, 2.05) is 48.5 Å². The fourth-order valence-corrected chi connectivity index (χ4v) is 6.61. The monoisotopic (exact) mass is 457 g/mol. The lowest BCUT2D eigenvalue weighted by Gasteiger charge is -2.52. The molecule has 3 aromatic carbocycles. The fraction of sp³-hybridized carbons (Fsp3) is 0.222. The van der Waals surface area contributed by atoms with Gasteiger partial charge in [-0.15, -0.1) is 0 Å². The number of carbonyl (C=O) groups is 3. The number of methoxy groups -OCH3 is 1. The number of Topliss-reactive ketones (excluding diaryl/α,β-unsaturated/α-hetero) is 1. The molecular weight excluding hydrogens is 438 g/mol. The third kappa shape index (κ3) is 2.30. The fourth-order valence-electron chi connectivity index (χ4n) is 6.45. The van der Waals surface area contributed by atoms with Crippen molar-refractivity contribution in [1.29, 1.82) is 0 Å². The molecule has 1 aliphatic heterocycles. The van der Waals surface area contributed by atoms with Crippen LogP contribution >= 0.6 is 11.6 Å². The Morgan fingerprint density at radius 2 is 1.55 bits per heavy atom. The third-order valence-electron chi connectivity index (χ3n) is 7.56. The molecule has 0 radical (unpaired) electrons. The lowest BCUT2D eigenvalue weighted by atomic mass is 9.46. The first-order valence-electron chi connectivity index (χ1n) is 10.8. The lowest BCUT2D eigenvalue weighted by Crippen LogP contribution is -2.57. The molecule has 0 spiro atoms. The minimum Gasteiger partial charge on any atom is -0.495 e. The predicted molar refractivity (Wildman–Crippen MR) is 124 cm³/mol. The van der Waals surface area contributed by atoms with Crippen molar-refractivity contribution in [3.63, 3.8) is 0 Å². The molecule has 0 saturated carbocycles. The van der Waals surface area contributed by atoms with Gasteiger partial charge in [-0.05, 0) is 47.4 Å². The number of imide groups is 1. The molecule has 0 aromatic heterocycles. The Hall–Kier alpha value is -3.44. The zero-order valence-corrected chi connectivity index (χ0v) is 18.8. The first kappa shape index (κ1) is 20.2. The van der Waals surface area contributed by atoms with Crippen molar-refractivity contribution >= 4 is 34.9 Å². The van der Waals surface area contributed by atoms with E-state index in [0.717, 1.165) is 22.3 Å². The first-order chi connectivity index (χ1) is 15.9. The molecular formula is C27H20ClNO4. The summed E-state index contributed by atoms with van der Waals surface area (Å²) in [5.41, 5.74) is 2.61. The molecule has 2 atom stereocenters. The van der Waals surface area contributed by atoms with Gasteiger partial charge in [0.05, 0.1) is 30.0 Å². The third-order valence-corrected chi connectivity index (χ3v) is 7.79.